The summed E-state index contributed by atoms with van der Waals surface area (Å²) in [6.45, 7) is 4.98. The van der Waals surface area contributed by atoms with Gasteiger partial charge in [0, 0.05) is 12.1 Å². The SMILES string of the molecule is CCCN(CC(=O)O)C(=O)c1ccc(S(=O)(=O)C(C)C)cc1. The van der Waals surface area contributed by atoms with E-state index in [1.807, 2.05) is 6.92 Å². The molecule has 7 heteroatoms. The maximum Gasteiger partial charge on any atom is 0.323 e. The molecule has 0 aliphatic rings. The number of nitrogens with zero attached hydrogens (tertiary/aromatic N) is 1. The predicted octanol–water partition coefficient (Wildman–Crippen LogP) is 1.81. The molecule has 0 saturated heterocycles. The van der Waals surface area contributed by atoms with Crippen LogP contribution in [0.5, 0.6) is 0 Å². The first-order chi connectivity index (χ1) is 10.2. The number of carbonyl (C=O) groups is 2. The minimum atomic E-state index is -3.39. The Hall–Kier alpha value is -1.89. The number of hydrogen-bond acceptors (Lipinski definition) is 4. The summed E-state index contributed by atoms with van der Waals surface area (Å²) in [5, 5.41) is 8.30. The monoisotopic (exact) mass is 327 g/mol. The van der Waals surface area contributed by atoms with Crippen LogP contribution in [-0.4, -0.2) is 48.6 Å². The van der Waals surface area contributed by atoms with Crippen molar-refractivity contribution >= 4 is 21.7 Å². The van der Waals surface area contributed by atoms with Crippen LogP contribution in [-0.2, 0) is 14.6 Å². The van der Waals surface area contributed by atoms with Crippen molar-refractivity contribution in [3.8, 4) is 0 Å². The van der Waals surface area contributed by atoms with Gasteiger partial charge >= 0.3 is 5.97 Å². The number of rotatable bonds is 7. The number of carbonyl (C=O) groups excluding carboxylic acids is 1. The van der Waals surface area contributed by atoms with Crippen LogP contribution in [0.25, 0.3) is 0 Å². The molecule has 0 aliphatic carbocycles. The molecular formula is C15H21NO5S. The van der Waals surface area contributed by atoms with E-state index in [1.165, 1.54) is 29.2 Å². The summed E-state index contributed by atoms with van der Waals surface area (Å²) in [4.78, 5) is 24.5. The molecule has 0 saturated carbocycles. The lowest BCUT2D eigenvalue weighted by Crippen LogP contribution is -2.36. The van der Waals surface area contributed by atoms with E-state index < -0.39 is 27.0 Å². The second-order valence-corrected chi connectivity index (χ2v) is 7.74. The van der Waals surface area contributed by atoms with Crippen molar-refractivity contribution in [2.75, 3.05) is 13.1 Å². The summed E-state index contributed by atoms with van der Waals surface area (Å²) in [7, 11) is -3.39. The van der Waals surface area contributed by atoms with Crippen molar-refractivity contribution in [2.45, 2.75) is 37.3 Å². The van der Waals surface area contributed by atoms with E-state index in [0.29, 0.717) is 13.0 Å². The lowest BCUT2D eigenvalue weighted by molar-refractivity contribution is -0.137. The van der Waals surface area contributed by atoms with Crippen LogP contribution in [0, 0.1) is 0 Å². The van der Waals surface area contributed by atoms with Gasteiger partial charge in [-0.15, -0.1) is 0 Å². The van der Waals surface area contributed by atoms with Crippen molar-refractivity contribution in [3.05, 3.63) is 29.8 Å². The van der Waals surface area contributed by atoms with Gasteiger partial charge in [0.1, 0.15) is 6.54 Å². The highest BCUT2D eigenvalue weighted by Crippen LogP contribution is 2.17. The average molecular weight is 327 g/mol. The number of hydrogen-bond donors (Lipinski definition) is 1. The maximum absolute atomic E-state index is 12.3. The zero-order valence-corrected chi connectivity index (χ0v) is 13.8. The molecule has 0 bridgehead atoms. The Bertz CT molecular complexity index is 634. The van der Waals surface area contributed by atoms with E-state index in [9.17, 15) is 18.0 Å². The van der Waals surface area contributed by atoms with E-state index in [0.717, 1.165) is 0 Å². The molecule has 1 aromatic carbocycles. The van der Waals surface area contributed by atoms with Gasteiger partial charge in [0.2, 0.25) is 0 Å². The molecule has 1 amide bonds. The summed E-state index contributed by atoms with van der Waals surface area (Å²) in [5.74, 6) is -1.50. The Labute approximate surface area is 130 Å². The molecule has 1 rings (SSSR count). The third-order valence-electron chi connectivity index (χ3n) is 3.16. The highest BCUT2D eigenvalue weighted by molar-refractivity contribution is 7.92. The lowest BCUT2D eigenvalue weighted by atomic mass is 10.2. The van der Waals surface area contributed by atoms with Gasteiger partial charge < -0.3 is 10.0 Å². The molecule has 0 aromatic heterocycles. The van der Waals surface area contributed by atoms with E-state index in [4.69, 9.17) is 5.11 Å². The number of carboxylic acid groups (broad SMARTS) is 1. The number of amides is 1. The highest BCUT2D eigenvalue weighted by Gasteiger charge is 2.21. The number of carboxylic acids is 1. The largest absolute Gasteiger partial charge is 0.480 e. The summed E-state index contributed by atoms with van der Waals surface area (Å²) in [6.07, 6.45) is 0.638. The fourth-order valence-corrected chi connectivity index (χ4v) is 2.99. The molecule has 6 nitrogen and oxygen atoms in total. The van der Waals surface area contributed by atoms with Gasteiger partial charge in [-0.2, -0.15) is 0 Å². The quantitative estimate of drug-likeness (QED) is 0.824. The van der Waals surface area contributed by atoms with Crippen molar-refractivity contribution < 1.29 is 23.1 Å². The number of benzene rings is 1. The smallest absolute Gasteiger partial charge is 0.323 e. The third-order valence-corrected chi connectivity index (χ3v) is 5.33. The Balaban J connectivity index is 3.02. The predicted molar refractivity (Wildman–Crippen MR) is 82.6 cm³/mol. The molecule has 0 heterocycles. The molecule has 22 heavy (non-hydrogen) atoms. The first kappa shape index (κ1) is 18.2. The standard InChI is InChI=1S/C15H21NO5S/c1-4-9-16(10-14(17)18)15(19)12-5-7-13(8-6-12)22(20,21)11(2)3/h5-8,11H,4,9-10H2,1-3H3,(H,17,18). The minimum absolute atomic E-state index is 0.152. The Morgan fingerprint density at radius 1 is 1.18 bits per heavy atom. The Morgan fingerprint density at radius 2 is 1.73 bits per heavy atom. The Kier molecular flexibility index (Phi) is 6.11. The van der Waals surface area contributed by atoms with Crippen LogP contribution in [0.15, 0.2) is 29.2 Å². The molecule has 0 unspecified atom stereocenters. The lowest BCUT2D eigenvalue weighted by Gasteiger charge is -2.20. The minimum Gasteiger partial charge on any atom is -0.480 e. The number of sulfone groups is 1. The molecule has 0 radical (unpaired) electrons. The normalized spacial score (nSPS) is 11.5. The van der Waals surface area contributed by atoms with E-state index in [2.05, 4.69) is 0 Å². The van der Waals surface area contributed by atoms with Crippen molar-refractivity contribution in [1.29, 1.82) is 0 Å². The molecule has 1 N–H and O–H groups in total. The van der Waals surface area contributed by atoms with E-state index in [-0.39, 0.29) is 17.0 Å². The van der Waals surface area contributed by atoms with Crippen LogP contribution in [0.4, 0.5) is 0 Å². The van der Waals surface area contributed by atoms with Gasteiger partial charge in [-0.05, 0) is 44.5 Å². The first-order valence-electron chi connectivity index (χ1n) is 7.05. The molecule has 0 spiro atoms. The van der Waals surface area contributed by atoms with Gasteiger partial charge in [-0.1, -0.05) is 6.92 Å². The molecule has 122 valence electrons. The zero-order valence-electron chi connectivity index (χ0n) is 12.9. The maximum atomic E-state index is 12.3. The molecule has 0 aliphatic heterocycles. The van der Waals surface area contributed by atoms with Crippen LogP contribution >= 0.6 is 0 Å². The molecule has 0 atom stereocenters. The molecule has 0 fully saturated rings. The van der Waals surface area contributed by atoms with Crippen LogP contribution < -0.4 is 0 Å². The highest BCUT2D eigenvalue weighted by atomic mass is 32.2. The van der Waals surface area contributed by atoms with Gasteiger partial charge in [-0.25, -0.2) is 8.42 Å². The summed E-state index contributed by atoms with van der Waals surface area (Å²) < 4.78 is 24.0. The summed E-state index contributed by atoms with van der Waals surface area (Å²) in [6, 6.07) is 5.60. The van der Waals surface area contributed by atoms with E-state index >= 15 is 0 Å². The topological polar surface area (TPSA) is 91.8 Å². The molecule has 1 aromatic rings. The van der Waals surface area contributed by atoms with Crippen LogP contribution in [0.1, 0.15) is 37.6 Å². The average Bonchev–Trinajstić information content (AvgIpc) is 2.45. The van der Waals surface area contributed by atoms with Crippen molar-refractivity contribution in [1.82, 2.24) is 4.90 Å². The number of aliphatic carboxylic acids is 1. The van der Waals surface area contributed by atoms with Crippen molar-refractivity contribution in [2.24, 2.45) is 0 Å². The van der Waals surface area contributed by atoms with Crippen LogP contribution in [0.2, 0.25) is 0 Å². The second-order valence-electron chi connectivity index (χ2n) is 5.24. The third kappa shape index (κ3) is 4.30. The van der Waals surface area contributed by atoms with Crippen molar-refractivity contribution in [3.63, 3.8) is 0 Å². The van der Waals surface area contributed by atoms with Gasteiger partial charge in [0.05, 0.1) is 10.1 Å². The zero-order chi connectivity index (χ0) is 16.9. The van der Waals surface area contributed by atoms with Gasteiger partial charge in [0.15, 0.2) is 9.84 Å². The second kappa shape index (κ2) is 7.40. The fraction of sp³-hybridized carbons (Fsp3) is 0.467. The van der Waals surface area contributed by atoms with E-state index in [1.54, 1.807) is 13.8 Å². The van der Waals surface area contributed by atoms with Crippen LogP contribution in [0.3, 0.4) is 0 Å². The summed E-state index contributed by atoms with van der Waals surface area (Å²) >= 11 is 0. The first-order valence-corrected chi connectivity index (χ1v) is 8.59. The van der Waals surface area contributed by atoms with Gasteiger partial charge in [0.25, 0.3) is 5.91 Å². The Morgan fingerprint density at radius 3 is 2.14 bits per heavy atom. The summed E-state index contributed by atoms with van der Waals surface area (Å²) in [5.41, 5.74) is 0.275. The molecular weight excluding hydrogens is 306 g/mol. The fourth-order valence-electron chi connectivity index (χ4n) is 1.93. The van der Waals surface area contributed by atoms with Gasteiger partial charge in [-0.3, -0.25) is 9.59 Å².